The summed E-state index contributed by atoms with van der Waals surface area (Å²) in [6, 6.07) is 11.9. The molecule has 2 aliphatic heterocycles. The van der Waals surface area contributed by atoms with Gasteiger partial charge in [0.25, 0.3) is 5.91 Å². The lowest BCUT2D eigenvalue weighted by Crippen LogP contribution is -2.62. The Morgan fingerprint density at radius 1 is 1.06 bits per heavy atom. The maximum atomic E-state index is 14.7. The van der Waals surface area contributed by atoms with Crippen molar-refractivity contribution >= 4 is 40.5 Å². The zero-order valence-corrected chi connectivity index (χ0v) is 41.0. The molecule has 4 aromatic rings. The normalized spacial score (nSPS) is 19.5. The number of amides is 4. The van der Waals surface area contributed by atoms with Crippen molar-refractivity contribution in [1.29, 1.82) is 0 Å². The van der Waals surface area contributed by atoms with E-state index in [0.717, 1.165) is 39.0 Å². The van der Waals surface area contributed by atoms with Gasteiger partial charge in [0.1, 0.15) is 23.9 Å². The third kappa shape index (κ3) is 11.1. The van der Waals surface area contributed by atoms with Crippen molar-refractivity contribution in [1.82, 2.24) is 35.1 Å². The van der Waals surface area contributed by atoms with Crippen molar-refractivity contribution in [3.63, 3.8) is 0 Å². The standard InChI is InChI=1S/C51H70N8O8/c1-12-58-42-18-17-34-25-38(42)39(46(58)37-15-13-19-53-44(37)32(6)66-11)26-51(7,8)28-67-50(65)40-16-14-20-59(55-40)49(64)41(23-33-21-35(34)24-36(60)22-33)54-47(62)45(29(2)3)57(10)43(61)27-56(9)48(63)30(4)31(5)52/h13,15,17-19,21-22,24-25,29-32,40-41,45,55,60H,12,14,16,20,23,26-28,52H2,1-11H3,(H,54,62)/t30-,31+,32-,40-,41-,45-/m0/s1. The number of pyridine rings is 1. The molecule has 362 valence electrons. The minimum atomic E-state index is -1.19. The number of hydrazine groups is 1. The van der Waals surface area contributed by atoms with Gasteiger partial charge in [-0.15, -0.1) is 0 Å². The molecule has 0 spiro atoms. The number of hydrogen-bond acceptors (Lipinski definition) is 11. The molecule has 0 aliphatic carbocycles. The molecule has 4 amide bonds. The van der Waals surface area contributed by atoms with Crippen molar-refractivity contribution in [2.75, 3.05) is 40.9 Å². The molecule has 16 nitrogen and oxygen atoms in total. The molecule has 5 N–H and O–H groups in total. The molecule has 0 unspecified atom stereocenters. The molecule has 6 rings (SSSR count). The monoisotopic (exact) mass is 923 g/mol. The summed E-state index contributed by atoms with van der Waals surface area (Å²) in [6.07, 6.45) is 2.90. The summed E-state index contributed by atoms with van der Waals surface area (Å²) >= 11 is 0. The second kappa shape index (κ2) is 21.0. The molecule has 6 atom stereocenters. The zero-order valence-electron chi connectivity index (χ0n) is 41.0. The van der Waals surface area contributed by atoms with Crippen LogP contribution in [0.1, 0.15) is 91.2 Å². The second-order valence-corrected chi connectivity index (χ2v) is 19.6. The fourth-order valence-electron chi connectivity index (χ4n) is 9.37. The van der Waals surface area contributed by atoms with Gasteiger partial charge in [-0.2, -0.15) is 0 Å². The van der Waals surface area contributed by atoms with Gasteiger partial charge in [-0.05, 0) is 105 Å². The maximum Gasteiger partial charge on any atom is 0.324 e. The molecular formula is C51H70N8O8. The third-order valence-electron chi connectivity index (χ3n) is 13.3. The molecular weight excluding hydrogens is 853 g/mol. The summed E-state index contributed by atoms with van der Waals surface area (Å²) in [7, 11) is 4.70. The Hall–Kier alpha value is -5.84. The van der Waals surface area contributed by atoms with Crippen LogP contribution < -0.4 is 16.5 Å². The molecule has 0 saturated carbocycles. The number of phenolic OH excluding ortho intramolecular Hbond substituents is 1. The number of phenols is 1. The Morgan fingerprint density at radius 3 is 2.46 bits per heavy atom. The Kier molecular flexibility index (Phi) is 15.8. The number of nitrogens with zero attached hydrogens (tertiary/aromatic N) is 5. The molecule has 2 aliphatic rings. The lowest BCUT2D eigenvalue weighted by molar-refractivity contribution is -0.155. The summed E-state index contributed by atoms with van der Waals surface area (Å²) in [5.41, 5.74) is 15.4. The first-order valence-corrected chi connectivity index (χ1v) is 23.4. The maximum absolute atomic E-state index is 14.7. The van der Waals surface area contributed by atoms with Crippen molar-refractivity contribution in [3.05, 3.63) is 71.5 Å². The number of benzene rings is 2. The molecule has 6 bridgehead atoms. The number of rotatable bonds is 12. The van der Waals surface area contributed by atoms with Crippen LogP contribution in [0.5, 0.6) is 5.75 Å². The number of esters is 1. The van der Waals surface area contributed by atoms with Gasteiger partial charge >= 0.3 is 5.97 Å². The quantitative estimate of drug-likeness (QED) is 0.133. The first-order valence-electron chi connectivity index (χ1n) is 23.4. The molecule has 2 aromatic heterocycles. The minimum Gasteiger partial charge on any atom is -0.508 e. The van der Waals surface area contributed by atoms with E-state index in [0.29, 0.717) is 36.9 Å². The van der Waals surface area contributed by atoms with E-state index in [4.69, 9.17) is 20.2 Å². The highest BCUT2D eigenvalue weighted by Gasteiger charge is 2.38. The lowest BCUT2D eigenvalue weighted by Gasteiger charge is -2.37. The van der Waals surface area contributed by atoms with Crippen LogP contribution in [0, 0.1) is 17.3 Å². The number of hydrogen-bond donors (Lipinski definition) is 4. The van der Waals surface area contributed by atoms with Crippen LogP contribution in [-0.2, 0) is 52.8 Å². The highest BCUT2D eigenvalue weighted by Crippen LogP contribution is 2.42. The van der Waals surface area contributed by atoms with Crippen molar-refractivity contribution in [2.24, 2.45) is 23.0 Å². The number of nitrogens with two attached hydrogens (primary N) is 1. The van der Waals surface area contributed by atoms with Crippen molar-refractivity contribution in [3.8, 4) is 28.1 Å². The predicted molar refractivity (Wildman–Crippen MR) is 257 cm³/mol. The molecule has 1 fully saturated rings. The van der Waals surface area contributed by atoms with Gasteiger partial charge in [0, 0.05) is 74.8 Å². The van der Waals surface area contributed by atoms with Gasteiger partial charge in [-0.3, -0.25) is 34.0 Å². The van der Waals surface area contributed by atoms with Crippen LogP contribution in [0.25, 0.3) is 33.3 Å². The highest BCUT2D eigenvalue weighted by atomic mass is 16.5. The summed E-state index contributed by atoms with van der Waals surface area (Å²) in [6.45, 7) is 16.0. The summed E-state index contributed by atoms with van der Waals surface area (Å²) in [5.74, 6) is -3.27. The highest BCUT2D eigenvalue weighted by molar-refractivity contribution is 5.96. The fraction of sp³-hybridized carbons (Fsp3) is 0.529. The molecule has 67 heavy (non-hydrogen) atoms. The Balaban J connectivity index is 1.44. The number of ether oxygens (including phenoxy) is 2. The molecule has 16 heteroatoms. The van der Waals surface area contributed by atoms with Gasteiger partial charge in [-0.1, -0.05) is 46.8 Å². The summed E-state index contributed by atoms with van der Waals surface area (Å²) in [5, 5.41) is 16.6. The number of nitrogens with one attached hydrogen (secondary N) is 2. The van der Waals surface area contributed by atoms with Gasteiger partial charge in [0.05, 0.1) is 36.6 Å². The average molecular weight is 923 g/mol. The van der Waals surface area contributed by atoms with Crippen LogP contribution >= 0.6 is 0 Å². The number of likely N-dealkylation sites (N-methyl/N-ethyl adjacent to an activating group) is 2. The van der Waals surface area contributed by atoms with E-state index in [9.17, 15) is 29.1 Å². The van der Waals surface area contributed by atoms with Crippen LogP contribution in [0.15, 0.2) is 54.7 Å². The van der Waals surface area contributed by atoms with E-state index < -0.39 is 65.1 Å². The van der Waals surface area contributed by atoms with Crippen LogP contribution in [0.3, 0.4) is 0 Å². The average Bonchev–Trinajstić information content (AvgIpc) is 3.59. The topological polar surface area (TPSA) is 202 Å². The van der Waals surface area contributed by atoms with E-state index in [2.05, 4.69) is 54.3 Å². The first-order chi connectivity index (χ1) is 31.7. The Bertz CT molecular complexity index is 2480. The van der Waals surface area contributed by atoms with E-state index in [1.165, 1.54) is 28.9 Å². The van der Waals surface area contributed by atoms with Crippen molar-refractivity contribution < 1.29 is 38.6 Å². The third-order valence-corrected chi connectivity index (χ3v) is 13.3. The Morgan fingerprint density at radius 2 is 1.79 bits per heavy atom. The second-order valence-electron chi connectivity index (χ2n) is 19.6. The lowest BCUT2D eigenvalue weighted by atomic mass is 9.84. The number of methoxy groups -OCH3 is 1. The van der Waals surface area contributed by atoms with E-state index in [1.54, 1.807) is 53.1 Å². The molecule has 1 saturated heterocycles. The fourth-order valence-corrected chi connectivity index (χ4v) is 9.37. The zero-order chi connectivity index (χ0) is 49.1. The number of cyclic esters (lactones) is 1. The summed E-state index contributed by atoms with van der Waals surface area (Å²) < 4.78 is 14.2. The number of carbonyl (C=O) groups excluding carboxylic acids is 5. The van der Waals surface area contributed by atoms with E-state index >= 15 is 0 Å². The molecule has 0 radical (unpaired) electrons. The number of aromatic hydroxyl groups is 1. The number of fused-ring (bicyclic) bond motifs is 6. The molecule has 4 heterocycles. The van der Waals surface area contributed by atoms with Crippen LogP contribution in [0.2, 0.25) is 0 Å². The van der Waals surface area contributed by atoms with E-state index in [-0.39, 0.29) is 43.9 Å². The number of aromatic nitrogens is 2. The van der Waals surface area contributed by atoms with Crippen LogP contribution in [-0.4, -0.2) is 124 Å². The van der Waals surface area contributed by atoms with Gasteiger partial charge in [-0.25, -0.2) is 5.43 Å². The van der Waals surface area contributed by atoms with Gasteiger partial charge < -0.3 is 40.0 Å². The minimum absolute atomic E-state index is 0.0254. The van der Waals surface area contributed by atoms with Crippen molar-refractivity contribution in [2.45, 2.75) is 118 Å². The largest absolute Gasteiger partial charge is 0.508 e. The molecule has 2 aromatic carbocycles. The van der Waals surface area contributed by atoms with Gasteiger partial charge in [0.2, 0.25) is 17.7 Å². The van der Waals surface area contributed by atoms with Crippen LogP contribution in [0.4, 0.5) is 0 Å². The number of carbonyl (C=O) groups is 5. The Labute approximate surface area is 394 Å². The number of aryl methyl sites for hydroxylation is 1. The van der Waals surface area contributed by atoms with Gasteiger partial charge in [0.15, 0.2) is 0 Å². The first kappa shape index (κ1) is 50.6. The SMILES string of the molecule is CCn1c(-c2cccnc2[C@H](C)OC)c2c3cc(ccc31)-c1cc(O)cc(c1)C[C@H](NC(=O)[C@H](C(C)C)N(C)C(=O)CN(C)C(=O)[C@@H](C)[C@@H](C)N)C(=O)N1CCC[C@H](N1)C(=O)OCC(C)(C)C2. The predicted octanol–water partition coefficient (Wildman–Crippen LogP) is 5.38. The van der Waals surface area contributed by atoms with E-state index in [1.807, 2.05) is 25.1 Å². The summed E-state index contributed by atoms with van der Waals surface area (Å²) in [4.78, 5) is 77.2. The smallest absolute Gasteiger partial charge is 0.324 e.